The lowest BCUT2D eigenvalue weighted by Crippen LogP contribution is -2.29. The lowest BCUT2D eigenvalue weighted by Gasteiger charge is -2.24. The highest BCUT2D eigenvalue weighted by molar-refractivity contribution is 5.44. The predicted molar refractivity (Wildman–Crippen MR) is 67.5 cm³/mol. The van der Waals surface area contributed by atoms with Crippen LogP contribution in [0.3, 0.4) is 0 Å². The summed E-state index contributed by atoms with van der Waals surface area (Å²) in [6, 6.07) is 6.49. The normalized spacial score (nSPS) is 24.9. The molecule has 2 unspecified atom stereocenters. The van der Waals surface area contributed by atoms with Gasteiger partial charge in [0.1, 0.15) is 0 Å². The maximum absolute atomic E-state index is 6.15. The van der Waals surface area contributed by atoms with Gasteiger partial charge in [-0.25, -0.2) is 0 Å². The third-order valence-electron chi connectivity index (χ3n) is 3.44. The van der Waals surface area contributed by atoms with Crippen molar-refractivity contribution in [3.63, 3.8) is 0 Å². The Morgan fingerprint density at radius 3 is 2.47 bits per heavy atom. The van der Waals surface area contributed by atoms with E-state index in [-0.39, 0.29) is 12.1 Å². The van der Waals surface area contributed by atoms with Crippen LogP contribution in [-0.2, 0) is 0 Å². The number of rotatable bonds is 3. The zero-order valence-corrected chi connectivity index (χ0v) is 10.6. The summed E-state index contributed by atoms with van der Waals surface area (Å²) in [7, 11) is 5.40. The van der Waals surface area contributed by atoms with E-state index in [0.717, 1.165) is 24.5 Å². The fraction of sp³-hybridized carbons (Fsp3) is 0.538. The van der Waals surface area contributed by atoms with Crippen LogP contribution in [0.4, 0.5) is 0 Å². The van der Waals surface area contributed by atoms with Crippen LogP contribution >= 0.6 is 0 Å². The summed E-state index contributed by atoms with van der Waals surface area (Å²) in [5.74, 6) is 1.52. The SMILES string of the molecule is COc1ccc(C2C(N)CCN2C)cc1OC. The topological polar surface area (TPSA) is 47.7 Å². The molecule has 1 aliphatic rings. The molecule has 0 saturated carbocycles. The average Bonchev–Trinajstić information content (AvgIpc) is 2.68. The van der Waals surface area contributed by atoms with E-state index in [1.807, 2.05) is 12.1 Å². The summed E-state index contributed by atoms with van der Waals surface area (Å²) in [5.41, 5.74) is 7.34. The van der Waals surface area contributed by atoms with Crippen molar-refractivity contribution >= 4 is 0 Å². The van der Waals surface area contributed by atoms with Crippen molar-refractivity contribution in [2.75, 3.05) is 27.8 Å². The molecule has 0 spiro atoms. The molecule has 17 heavy (non-hydrogen) atoms. The van der Waals surface area contributed by atoms with Crippen molar-refractivity contribution < 1.29 is 9.47 Å². The van der Waals surface area contributed by atoms with Gasteiger partial charge in [-0.05, 0) is 31.2 Å². The molecule has 4 nitrogen and oxygen atoms in total. The average molecular weight is 236 g/mol. The molecule has 1 heterocycles. The Balaban J connectivity index is 2.32. The van der Waals surface area contributed by atoms with Gasteiger partial charge in [-0.1, -0.05) is 6.07 Å². The summed E-state index contributed by atoms with van der Waals surface area (Å²) in [6.45, 7) is 1.04. The predicted octanol–water partition coefficient (Wildman–Crippen LogP) is 1.41. The molecule has 2 rings (SSSR count). The minimum absolute atomic E-state index is 0.193. The molecule has 4 heteroatoms. The van der Waals surface area contributed by atoms with E-state index in [2.05, 4.69) is 18.0 Å². The fourth-order valence-electron chi connectivity index (χ4n) is 2.51. The minimum atomic E-state index is 0.193. The quantitative estimate of drug-likeness (QED) is 0.862. The number of hydrogen-bond acceptors (Lipinski definition) is 4. The van der Waals surface area contributed by atoms with E-state index in [1.54, 1.807) is 14.2 Å². The molecule has 1 aromatic rings. The summed E-state index contributed by atoms with van der Waals surface area (Å²) in [5, 5.41) is 0. The highest BCUT2D eigenvalue weighted by atomic mass is 16.5. The van der Waals surface area contributed by atoms with Gasteiger partial charge in [-0.15, -0.1) is 0 Å². The number of ether oxygens (including phenoxy) is 2. The molecular weight excluding hydrogens is 216 g/mol. The van der Waals surface area contributed by atoms with Gasteiger partial charge in [0.15, 0.2) is 11.5 Å². The maximum Gasteiger partial charge on any atom is 0.161 e. The number of hydrogen-bond donors (Lipinski definition) is 1. The first-order chi connectivity index (χ1) is 8.17. The summed E-state index contributed by atoms with van der Waals surface area (Å²) in [6.07, 6.45) is 1.04. The van der Waals surface area contributed by atoms with Crippen LogP contribution < -0.4 is 15.2 Å². The molecule has 2 N–H and O–H groups in total. The van der Waals surface area contributed by atoms with E-state index < -0.39 is 0 Å². The van der Waals surface area contributed by atoms with Crippen LogP contribution in [0.1, 0.15) is 18.0 Å². The first-order valence-corrected chi connectivity index (χ1v) is 5.85. The zero-order valence-electron chi connectivity index (χ0n) is 10.6. The smallest absolute Gasteiger partial charge is 0.161 e. The number of nitrogens with two attached hydrogens (primary N) is 1. The first kappa shape index (κ1) is 12.2. The summed E-state index contributed by atoms with van der Waals surface area (Å²) in [4.78, 5) is 2.28. The van der Waals surface area contributed by atoms with Gasteiger partial charge in [0.25, 0.3) is 0 Å². The molecular formula is C13H20N2O2. The van der Waals surface area contributed by atoms with Gasteiger partial charge in [-0.3, -0.25) is 4.90 Å². The van der Waals surface area contributed by atoms with Gasteiger partial charge >= 0.3 is 0 Å². The summed E-state index contributed by atoms with van der Waals surface area (Å²) < 4.78 is 10.6. The number of methoxy groups -OCH3 is 2. The first-order valence-electron chi connectivity index (χ1n) is 5.85. The molecule has 0 bridgehead atoms. The Kier molecular flexibility index (Phi) is 3.54. The molecule has 0 radical (unpaired) electrons. The zero-order chi connectivity index (χ0) is 12.4. The molecule has 0 aliphatic carbocycles. The van der Waals surface area contributed by atoms with Crippen molar-refractivity contribution in [1.29, 1.82) is 0 Å². The second-order valence-electron chi connectivity index (χ2n) is 4.49. The number of likely N-dealkylation sites (tertiary alicyclic amines) is 1. The van der Waals surface area contributed by atoms with E-state index in [1.165, 1.54) is 5.56 Å². The Bertz CT molecular complexity index is 385. The number of benzene rings is 1. The Labute approximate surface area is 102 Å². The van der Waals surface area contributed by atoms with Crippen molar-refractivity contribution in [2.24, 2.45) is 5.73 Å². The van der Waals surface area contributed by atoms with Gasteiger partial charge in [-0.2, -0.15) is 0 Å². The largest absolute Gasteiger partial charge is 0.493 e. The van der Waals surface area contributed by atoms with Gasteiger partial charge in [0.2, 0.25) is 0 Å². The van der Waals surface area contributed by atoms with E-state index in [9.17, 15) is 0 Å². The lowest BCUT2D eigenvalue weighted by atomic mass is 10.0. The van der Waals surface area contributed by atoms with E-state index in [4.69, 9.17) is 15.2 Å². The van der Waals surface area contributed by atoms with E-state index >= 15 is 0 Å². The van der Waals surface area contributed by atoms with Crippen molar-refractivity contribution in [2.45, 2.75) is 18.5 Å². The third-order valence-corrected chi connectivity index (χ3v) is 3.44. The summed E-state index contributed by atoms with van der Waals surface area (Å²) >= 11 is 0. The standard InChI is InChI=1S/C13H20N2O2/c1-15-7-6-10(14)13(15)9-4-5-11(16-2)12(8-9)17-3/h4-5,8,10,13H,6-7,14H2,1-3H3. The molecule has 1 aromatic carbocycles. The van der Waals surface area contributed by atoms with Gasteiger partial charge < -0.3 is 15.2 Å². The Hall–Kier alpha value is -1.26. The molecule has 94 valence electrons. The van der Waals surface area contributed by atoms with Crippen LogP contribution in [0, 0.1) is 0 Å². The molecule has 1 saturated heterocycles. The fourth-order valence-corrected chi connectivity index (χ4v) is 2.51. The maximum atomic E-state index is 6.15. The number of nitrogens with zero attached hydrogens (tertiary/aromatic N) is 1. The molecule has 2 atom stereocenters. The van der Waals surface area contributed by atoms with E-state index in [0.29, 0.717) is 0 Å². The molecule has 0 aromatic heterocycles. The minimum Gasteiger partial charge on any atom is -0.493 e. The highest BCUT2D eigenvalue weighted by Gasteiger charge is 2.30. The highest BCUT2D eigenvalue weighted by Crippen LogP contribution is 2.35. The second-order valence-corrected chi connectivity index (χ2v) is 4.49. The van der Waals surface area contributed by atoms with Crippen molar-refractivity contribution in [3.05, 3.63) is 23.8 Å². The lowest BCUT2D eigenvalue weighted by molar-refractivity contribution is 0.301. The van der Waals surface area contributed by atoms with Gasteiger partial charge in [0.05, 0.1) is 14.2 Å². The second kappa shape index (κ2) is 4.94. The molecule has 0 amide bonds. The Morgan fingerprint density at radius 1 is 1.24 bits per heavy atom. The third kappa shape index (κ3) is 2.23. The van der Waals surface area contributed by atoms with Crippen LogP contribution in [0.5, 0.6) is 11.5 Å². The number of likely N-dealkylation sites (N-methyl/N-ethyl adjacent to an activating group) is 1. The van der Waals surface area contributed by atoms with Crippen LogP contribution in [0.15, 0.2) is 18.2 Å². The molecule has 1 aliphatic heterocycles. The molecule has 1 fully saturated rings. The van der Waals surface area contributed by atoms with Gasteiger partial charge in [0, 0.05) is 18.6 Å². The van der Waals surface area contributed by atoms with Crippen molar-refractivity contribution in [1.82, 2.24) is 4.90 Å². The van der Waals surface area contributed by atoms with Crippen LogP contribution in [-0.4, -0.2) is 38.8 Å². The van der Waals surface area contributed by atoms with Crippen LogP contribution in [0.2, 0.25) is 0 Å². The van der Waals surface area contributed by atoms with Crippen molar-refractivity contribution in [3.8, 4) is 11.5 Å². The van der Waals surface area contributed by atoms with Crippen LogP contribution in [0.25, 0.3) is 0 Å². The monoisotopic (exact) mass is 236 g/mol. The Morgan fingerprint density at radius 2 is 1.94 bits per heavy atom.